The van der Waals surface area contributed by atoms with Gasteiger partial charge in [0.1, 0.15) is 11.6 Å². The largest absolute Gasteiger partial charge is 1.00 e. The second kappa shape index (κ2) is 20.3. The zero-order chi connectivity index (χ0) is 36.6. The molecule has 272 valence electrons. The zero-order valence-corrected chi connectivity index (χ0v) is 37.0. The Kier molecular flexibility index (Phi) is 16.2. The molecule has 0 nitrogen and oxygen atoms in total. The summed E-state index contributed by atoms with van der Waals surface area (Å²) in [6, 6.07) is 30.7. The molecule has 0 saturated heterocycles. The van der Waals surface area contributed by atoms with Gasteiger partial charge in [0.25, 0.3) is 0 Å². The zero-order valence-electron chi connectivity index (χ0n) is 30.9. The van der Waals surface area contributed by atoms with E-state index < -0.39 is 0 Å². The predicted molar refractivity (Wildman–Crippen MR) is 211 cm³/mol. The summed E-state index contributed by atoms with van der Waals surface area (Å²) in [5.41, 5.74) is 12.4. The molecule has 4 aromatic rings. The molecular weight excluding hydrogens is 892 g/mol. The molecule has 4 aliphatic rings. The monoisotopic (exact) mass is 934 g/mol. The maximum absolute atomic E-state index is 14.7. The molecule has 54 heavy (non-hydrogen) atoms. The van der Waals surface area contributed by atoms with Crippen LogP contribution >= 0.6 is 0 Å². The van der Waals surface area contributed by atoms with Crippen molar-refractivity contribution in [2.24, 2.45) is 0 Å². The van der Waals surface area contributed by atoms with Crippen LogP contribution in [-0.4, -0.2) is 5.49 Å². The number of fused-ring (bicyclic) bond motifs is 2. The van der Waals surface area contributed by atoms with Gasteiger partial charge < -0.3 is 24.8 Å². The number of benzene rings is 4. The van der Waals surface area contributed by atoms with Crippen LogP contribution in [0.3, 0.4) is 0 Å². The van der Waals surface area contributed by atoms with Crippen molar-refractivity contribution in [1.82, 2.24) is 0 Å². The molecule has 0 bridgehead atoms. The van der Waals surface area contributed by atoms with E-state index in [1.807, 2.05) is 72.8 Å². The molecule has 0 heterocycles. The molecule has 4 aliphatic carbocycles. The maximum atomic E-state index is 14.7. The Morgan fingerprint density at radius 2 is 0.963 bits per heavy atom. The Balaban J connectivity index is 0.000000212. The number of rotatable bonds is 4. The number of halogens is 4. The third kappa shape index (κ3) is 10.8. The second-order valence-corrected chi connectivity index (χ2v) is 26.4. The van der Waals surface area contributed by atoms with E-state index in [0.29, 0.717) is 11.1 Å². The quantitative estimate of drug-likeness (QED) is 0.152. The van der Waals surface area contributed by atoms with Gasteiger partial charge in [0.15, 0.2) is 0 Å². The van der Waals surface area contributed by atoms with Crippen LogP contribution in [-0.2, 0) is 23.0 Å². The summed E-state index contributed by atoms with van der Waals surface area (Å²) in [7, 11) is 0. The van der Waals surface area contributed by atoms with Gasteiger partial charge in [-0.1, -0.05) is 111 Å². The standard InChI is InChI=1S/2C23H18F.C2H6Si.2ClH.Hf/c2*1-16-13-18-9-5-6-10-20(22(18)14-16)19-11-12-21(23(24)15-19)17-7-3-2-4-8-17;1-3-2;;;/h2*2-9,11-12,14-15,20H,10H2,1H3;1-2H3;2*1H;/q2*-1;;;;+2/p-2. The summed E-state index contributed by atoms with van der Waals surface area (Å²) in [6.07, 6.45) is 25.5. The van der Waals surface area contributed by atoms with Crippen molar-refractivity contribution in [3.63, 3.8) is 0 Å². The molecule has 8 rings (SSSR count). The third-order valence-corrected chi connectivity index (χ3v) is 9.28. The molecule has 0 N–H and O–H groups in total. The van der Waals surface area contributed by atoms with Crippen molar-refractivity contribution in [3.05, 3.63) is 214 Å². The first-order chi connectivity index (χ1) is 25.2. The van der Waals surface area contributed by atoms with Gasteiger partial charge in [-0.2, -0.15) is 34.4 Å². The fraction of sp³-hybridized carbons (Fsp3) is 0.167. The number of allylic oxidation sites excluding steroid dienone is 16. The van der Waals surface area contributed by atoms with Gasteiger partial charge in [-0.05, 0) is 59.1 Å². The van der Waals surface area contributed by atoms with Gasteiger partial charge in [-0.15, -0.1) is 47.6 Å². The molecule has 0 spiro atoms. The molecule has 2 atom stereocenters. The number of hydrogen-bond acceptors (Lipinski definition) is 0. The summed E-state index contributed by atoms with van der Waals surface area (Å²) in [5, 5.41) is 0. The van der Waals surface area contributed by atoms with Gasteiger partial charge in [0.05, 0.1) is 0 Å². The van der Waals surface area contributed by atoms with Gasteiger partial charge in [0.2, 0.25) is 0 Å². The van der Waals surface area contributed by atoms with E-state index in [0.717, 1.165) is 57.4 Å². The Bertz CT molecular complexity index is 2070. The summed E-state index contributed by atoms with van der Waals surface area (Å²) in [4.78, 5) is 0. The van der Waals surface area contributed by atoms with Crippen LogP contribution in [0.1, 0.15) is 49.7 Å². The van der Waals surface area contributed by atoms with Crippen LogP contribution in [0.25, 0.3) is 22.3 Å². The fourth-order valence-corrected chi connectivity index (χ4v) is 6.96. The average molecular weight is 934 g/mol. The van der Waals surface area contributed by atoms with E-state index in [1.54, 1.807) is 12.1 Å². The molecule has 6 heteroatoms. The van der Waals surface area contributed by atoms with E-state index in [2.05, 4.69) is 99.8 Å². The van der Waals surface area contributed by atoms with Crippen LogP contribution in [0.4, 0.5) is 8.78 Å². The maximum Gasteiger partial charge on any atom is -1.00 e. The van der Waals surface area contributed by atoms with E-state index in [4.69, 9.17) is 0 Å². The molecule has 4 aromatic carbocycles. The van der Waals surface area contributed by atoms with Crippen LogP contribution in [0.5, 0.6) is 0 Å². The normalized spacial score (nSPS) is 17.6. The predicted octanol–water partition coefficient (Wildman–Crippen LogP) is 7.10. The first-order valence-corrected chi connectivity index (χ1v) is 25.7. The third-order valence-electron chi connectivity index (χ3n) is 9.28. The fourth-order valence-electron chi connectivity index (χ4n) is 6.96. The van der Waals surface area contributed by atoms with Gasteiger partial charge in [-0.25, -0.2) is 8.78 Å². The Morgan fingerprint density at radius 1 is 0.593 bits per heavy atom. The molecule has 0 amide bonds. The van der Waals surface area contributed by atoms with E-state index in [9.17, 15) is 8.78 Å². The minimum atomic E-state index is -0.162. The molecule has 2 unspecified atom stereocenters. The molecule has 0 radical (unpaired) electrons. The van der Waals surface area contributed by atoms with E-state index in [1.165, 1.54) is 34.1 Å². The SMILES string of the molecule is CC1=[C-]C2=CC=CCC(c3ccc(-c4ccccc4)c(F)c3)C2=C1.CC1=[C-]C2=CC=CCC(c3ccc(-c4ccccc4)c(F)c3)C2=C1.C[Si](C)=[Hf+2].[Cl-].[Cl-]. The summed E-state index contributed by atoms with van der Waals surface area (Å²) >= 11 is 1.45. The molecule has 0 aliphatic heterocycles. The molecule has 0 aromatic heterocycles. The Labute approximate surface area is 347 Å². The topological polar surface area (TPSA) is 0 Å². The minimum absolute atomic E-state index is 0. The van der Waals surface area contributed by atoms with Crippen molar-refractivity contribution < 1.29 is 56.6 Å². The van der Waals surface area contributed by atoms with Gasteiger partial charge >= 0.3 is 41.6 Å². The van der Waals surface area contributed by atoms with Crippen molar-refractivity contribution >= 4 is 5.49 Å². The van der Waals surface area contributed by atoms with Crippen molar-refractivity contribution in [2.45, 2.75) is 51.6 Å². The van der Waals surface area contributed by atoms with E-state index in [-0.39, 0.29) is 53.8 Å². The van der Waals surface area contributed by atoms with Crippen LogP contribution in [0.15, 0.2) is 179 Å². The van der Waals surface area contributed by atoms with Gasteiger partial charge in [0, 0.05) is 11.1 Å². The van der Waals surface area contributed by atoms with Crippen molar-refractivity contribution in [2.75, 3.05) is 0 Å². The first-order valence-electron chi connectivity index (χ1n) is 17.8. The molecular formula is C48H42Cl2F2HfSi-2. The second-order valence-electron chi connectivity index (χ2n) is 13.6. The van der Waals surface area contributed by atoms with Crippen molar-refractivity contribution in [1.29, 1.82) is 0 Å². The Hall–Kier alpha value is -3.67. The summed E-state index contributed by atoms with van der Waals surface area (Å²) in [5.74, 6) is 0.0352. The molecule has 0 saturated carbocycles. The minimum Gasteiger partial charge on any atom is -1.00 e. The smallest absolute Gasteiger partial charge is 1.00 e. The van der Waals surface area contributed by atoms with Gasteiger partial charge in [-0.3, -0.25) is 0 Å². The average Bonchev–Trinajstić information content (AvgIpc) is 3.54. The molecule has 0 fully saturated rings. The van der Waals surface area contributed by atoms with Crippen molar-refractivity contribution in [3.8, 4) is 22.3 Å². The summed E-state index contributed by atoms with van der Waals surface area (Å²) in [6.45, 7) is 8.78. The Morgan fingerprint density at radius 3 is 1.31 bits per heavy atom. The van der Waals surface area contributed by atoms with Crippen LogP contribution in [0.2, 0.25) is 13.1 Å². The number of hydrogen-bond donors (Lipinski definition) is 0. The first kappa shape index (κ1) is 43.1. The summed E-state index contributed by atoms with van der Waals surface area (Å²) < 4.78 is 29.5. The van der Waals surface area contributed by atoms with E-state index >= 15 is 0 Å². The van der Waals surface area contributed by atoms with Crippen LogP contribution in [0, 0.1) is 23.8 Å². The van der Waals surface area contributed by atoms with Crippen LogP contribution < -0.4 is 24.8 Å².